The number of hydrogen-bond donors (Lipinski definition) is 2. The molecule has 3 aromatic rings. The molecule has 0 aliphatic rings. The van der Waals surface area contributed by atoms with Crippen LogP contribution >= 0.6 is 0 Å². The van der Waals surface area contributed by atoms with Crippen molar-refractivity contribution in [3.05, 3.63) is 83.2 Å². The third-order valence-electron chi connectivity index (χ3n) is 4.18. The number of nitrogens with one attached hydrogen (secondary N) is 2. The number of rotatable bonds is 6. The largest absolute Gasteiger partial charge is 0.484 e. The number of halogens is 2. The SMILES string of the molecule is Cc1ccc(C)n1NC(=O)c1ccc(OCC(=O)Nc2ccc(F)cc2F)cc1. The van der Waals surface area contributed by atoms with Crippen molar-refractivity contribution in [2.75, 3.05) is 17.3 Å². The van der Waals surface area contributed by atoms with E-state index in [1.165, 1.54) is 0 Å². The second-order valence-electron chi connectivity index (χ2n) is 6.38. The van der Waals surface area contributed by atoms with Gasteiger partial charge in [-0.05, 0) is 62.4 Å². The molecule has 2 N–H and O–H groups in total. The van der Waals surface area contributed by atoms with Crippen LogP contribution in [0.15, 0.2) is 54.6 Å². The molecular weight excluding hydrogens is 380 g/mol. The average Bonchev–Trinajstić information content (AvgIpc) is 3.01. The van der Waals surface area contributed by atoms with Gasteiger partial charge in [-0.15, -0.1) is 0 Å². The third kappa shape index (κ3) is 4.98. The van der Waals surface area contributed by atoms with Gasteiger partial charge < -0.3 is 10.1 Å². The molecule has 0 radical (unpaired) electrons. The summed E-state index contributed by atoms with van der Waals surface area (Å²) in [7, 11) is 0. The number of aromatic nitrogens is 1. The van der Waals surface area contributed by atoms with Crippen LogP contribution in [-0.4, -0.2) is 23.1 Å². The number of carbonyl (C=O) groups excluding carboxylic acids is 2. The number of carbonyl (C=O) groups is 2. The first kappa shape index (κ1) is 20.1. The normalized spacial score (nSPS) is 10.5. The van der Waals surface area contributed by atoms with E-state index in [4.69, 9.17) is 4.74 Å². The molecule has 0 bridgehead atoms. The van der Waals surface area contributed by atoms with Crippen LogP contribution in [0, 0.1) is 25.5 Å². The maximum atomic E-state index is 13.5. The van der Waals surface area contributed by atoms with Crippen LogP contribution in [0.3, 0.4) is 0 Å². The van der Waals surface area contributed by atoms with E-state index < -0.39 is 17.5 Å². The molecule has 0 saturated carbocycles. The van der Waals surface area contributed by atoms with Crippen LogP contribution in [0.2, 0.25) is 0 Å². The molecule has 150 valence electrons. The van der Waals surface area contributed by atoms with Gasteiger partial charge in [-0.1, -0.05) is 0 Å². The zero-order valence-electron chi connectivity index (χ0n) is 15.8. The van der Waals surface area contributed by atoms with Crippen LogP contribution in [0.1, 0.15) is 21.7 Å². The maximum absolute atomic E-state index is 13.5. The lowest BCUT2D eigenvalue weighted by atomic mass is 10.2. The molecule has 0 spiro atoms. The lowest BCUT2D eigenvalue weighted by Gasteiger charge is -2.12. The minimum Gasteiger partial charge on any atom is -0.484 e. The van der Waals surface area contributed by atoms with Gasteiger partial charge in [-0.2, -0.15) is 0 Å². The first-order chi connectivity index (χ1) is 13.8. The highest BCUT2D eigenvalue weighted by atomic mass is 19.1. The van der Waals surface area contributed by atoms with E-state index in [1.807, 2.05) is 26.0 Å². The van der Waals surface area contributed by atoms with Gasteiger partial charge in [0.15, 0.2) is 6.61 Å². The first-order valence-electron chi connectivity index (χ1n) is 8.77. The van der Waals surface area contributed by atoms with Crippen molar-refractivity contribution in [1.82, 2.24) is 4.68 Å². The molecule has 8 heteroatoms. The van der Waals surface area contributed by atoms with Crippen LogP contribution in [0.4, 0.5) is 14.5 Å². The Bertz CT molecular complexity index is 1030. The van der Waals surface area contributed by atoms with Gasteiger partial charge in [0, 0.05) is 23.0 Å². The molecule has 0 saturated heterocycles. The van der Waals surface area contributed by atoms with Crippen molar-refractivity contribution in [3.63, 3.8) is 0 Å². The molecule has 6 nitrogen and oxygen atoms in total. The molecule has 2 aromatic carbocycles. The predicted octanol–water partition coefficient (Wildman–Crippen LogP) is 3.78. The molecule has 29 heavy (non-hydrogen) atoms. The zero-order chi connectivity index (χ0) is 21.0. The summed E-state index contributed by atoms with van der Waals surface area (Å²) in [6.07, 6.45) is 0. The van der Waals surface area contributed by atoms with Gasteiger partial charge in [0.05, 0.1) is 5.69 Å². The van der Waals surface area contributed by atoms with Crippen molar-refractivity contribution < 1.29 is 23.1 Å². The summed E-state index contributed by atoms with van der Waals surface area (Å²) in [5, 5.41) is 2.30. The Labute approximate surface area is 166 Å². The zero-order valence-corrected chi connectivity index (χ0v) is 15.8. The minimum absolute atomic E-state index is 0.136. The summed E-state index contributed by atoms with van der Waals surface area (Å²) in [6.45, 7) is 3.39. The number of ether oxygens (including phenoxy) is 1. The predicted molar refractivity (Wildman–Crippen MR) is 105 cm³/mol. The summed E-state index contributed by atoms with van der Waals surface area (Å²) in [6, 6.07) is 12.9. The van der Waals surface area contributed by atoms with E-state index in [0.717, 1.165) is 23.5 Å². The fraction of sp³-hybridized carbons (Fsp3) is 0.143. The van der Waals surface area contributed by atoms with E-state index >= 15 is 0 Å². The molecule has 1 heterocycles. The lowest BCUT2D eigenvalue weighted by Crippen LogP contribution is -2.24. The molecule has 0 aliphatic carbocycles. The fourth-order valence-electron chi connectivity index (χ4n) is 2.64. The Morgan fingerprint density at radius 1 is 0.966 bits per heavy atom. The summed E-state index contributed by atoms with van der Waals surface area (Å²) in [5.41, 5.74) is 4.88. The highest BCUT2D eigenvalue weighted by molar-refractivity contribution is 6.00. The smallest absolute Gasteiger partial charge is 0.270 e. The van der Waals surface area contributed by atoms with Crippen LogP contribution in [0.5, 0.6) is 5.75 Å². The Morgan fingerprint density at radius 2 is 1.62 bits per heavy atom. The van der Waals surface area contributed by atoms with Crippen molar-refractivity contribution >= 4 is 17.5 Å². The van der Waals surface area contributed by atoms with E-state index in [9.17, 15) is 18.4 Å². The van der Waals surface area contributed by atoms with Crippen molar-refractivity contribution in [1.29, 1.82) is 0 Å². The second kappa shape index (κ2) is 8.55. The van der Waals surface area contributed by atoms with E-state index in [-0.39, 0.29) is 18.2 Å². The van der Waals surface area contributed by atoms with E-state index in [2.05, 4.69) is 10.7 Å². The minimum atomic E-state index is -0.873. The maximum Gasteiger partial charge on any atom is 0.270 e. The average molecular weight is 399 g/mol. The van der Waals surface area contributed by atoms with Crippen molar-refractivity contribution in [3.8, 4) is 5.75 Å². The van der Waals surface area contributed by atoms with Gasteiger partial charge in [-0.3, -0.25) is 19.7 Å². The van der Waals surface area contributed by atoms with Gasteiger partial charge in [-0.25, -0.2) is 8.78 Å². The van der Waals surface area contributed by atoms with Gasteiger partial charge in [0.25, 0.3) is 11.8 Å². The Balaban J connectivity index is 1.55. The lowest BCUT2D eigenvalue weighted by molar-refractivity contribution is -0.118. The molecule has 0 aliphatic heterocycles. The topological polar surface area (TPSA) is 72.4 Å². The highest BCUT2D eigenvalue weighted by Gasteiger charge is 2.11. The number of amides is 2. The molecular formula is C21H19F2N3O3. The van der Waals surface area contributed by atoms with Gasteiger partial charge in [0.1, 0.15) is 17.4 Å². The number of aryl methyl sites for hydroxylation is 2. The molecule has 1 aromatic heterocycles. The number of nitrogens with zero attached hydrogens (tertiary/aromatic N) is 1. The summed E-state index contributed by atoms with van der Waals surface area (Å²) in [4.78, 5) is 24.2. The Kier molecular flexibility index (Phi) is 5.92. The quantitative estimate of drug-likeness (QED) is 0.663. The molecule has 0 fully saturated rings. The highest BCUT2D eigenvalue weighted by Crippen LogP contribution is 2.16. The van der Waals surface area contributed by atoms with E-state index in [1.54, 1.807) is 28.9 Å². The standard InChI is InChI=1S/C21H19F2N3O3/c1-13-3-4-14(2)26(13)25-21(28)15-5-8-17(9-6-15)29-12-20(27)24-19-10-7-16(22)11-18(19)23/h3-11H,12H2,1-2H3,(H,24,27)(H,25,28). The van der Waals surface area contributed by atoms with Crippen LogP contribution < -0.4 is 15.5 Å². The van der Waals surface area contributed by atoms with Crippen molar-refractivity contribution in [2.24, 2.45) is 0 Å². The molecule has 2 amide bonds. The molecule has 0 atom stereocenters. The van der Waals surface area contributed by atoms with E-state index in [0.29, 0.717) is 17.4 Å². The first-order valence-corrected chi connectivity index (χ1v) is 8.77. The number of benzene rings is 2. The Morgan fingerprint density at radius 3 is 2.24 bits per heavy atom. The van der Waals surface area contributed by atoms with Crippen molar-refractivity contribution in [2.45, 2.75) is 13.8 Å². The summed E-state index contributed by atoms with van der Waals surface area (Å²) in [5.74, 6) is -2.13. The third-order valence-corrected chi connectivity index (χ3v) is 4.18. The Hall–Kier alpha value is -3.68. The fourth-order valence-corrected chi connectivity index (χ4v) is 2.64. The molecule has 3 rings (SSSR count). The monoisotopic (exact) mass is 399 g/mol. The van der Waals surface area contributed by atoms with Crippen LogP contribution in [-0.2, 0) is 4.79 Å². The summed E-state index contributed by atoms with van der Waals surface area (Å²) >= 11 is 0. The van der Waals surface area contributed by atoms with Crippen LogP contribution in [0.25, 0.3) is 0 Å². The number of anilines is 1. The van der Waals surface area contributed by atoms with Gasteiger partial charge in [0.2, 0.25) is 0 Å². The summed E-state index contributed by atoms with van der Waals surface area (Å²) < 4.78 is 33.4. The number of hydrogen-bond acceptors (Lipinski definition) is 3. The second-order valence-corrected chi connectivity index (χ2v) is 6.38. The molecule has 0 unspecified atom stereocenters. The van der Waals surface area contributed by atoms with Gasteiger partial charge >= 0.3 is 0 Å².